The molecule has 0 aromatic heterocycles. The van der Waals surface area contributed by atoms with E-state index in [1.165, 1.54) is 12.1 Å². The van der Waals surface area contributed by atoms with Gasteiger partial charge in [0.25, 0.3) is 0 Å². The Hall–Kier alpha value is -1.44. The first-order valence-corrected chi connectivity index (χ1v) is 6.58. The number of ether oxygens (including phenoxy) is 1. The van der Waals surface area contributed by atoms with E-state index in [0.717, 1.165) is 19.2 Å². The summed E-state index contributed by atoms with van der Waals surface area (Å²) in [7, 11) is -1.69. The lowest BCUT2D eigenvalue weighted by Crippen LogP contribution is -2.36. The third kappa shape index (κ3) is 4.03. The Kier molecular flexibility index (Phi) is 5.11. The van der Waals surface area contributed by atoms with Crippen LogP contribution in [0.3, 0.4) is 0 Å². The van der Waals surface area contributed by atoms with Crippen LogP contribution in [-0.2, 0) is 4.79 Å². The third-order valence-electron chi connectivity index (χ3n) is 3.33. The lowest BCUT2D eigenvalue weighted by Gasteiger charge is -2.25. The minimum absolute atomic E-state index is 0.0856. The molecule has 1 aromatic carbocycles. The molecule has 1 fully saturated rings. The zero-order valence-corrected chi connectivity index (χ0v) is 11.1. The number of Topliss-reactive ketones (excluding diaryl/α,β-unsaturated/α-hetero) is 1. The van der Waals surface area contributed by atoms with Crippen molar-refractivity contribution < 1.29 is 24.0 Å². The number of benzene rings is 1. The Morgan fingerprint density at radius 2 is 2.00 bits per heavy atom. The molecule has 1 heterocycles. The topological polar surface area (TPSA) is 70.0 Å². The van der Waals surface area contributed by atoms with Crippen molar-refractivity contribution in [2.75, 3.05) is 26.2 Å². The molecule has 0 saturated carbocycles. The molecule has 5 nitrogen and oxygen atoms in total. The maximum absolute atomic E-state index is 13.6. The Morgan fingerprint density at radius 1 is 1.30 bits per heavy atom. The average Bonchev–Trinajstić information content (AvgIpc) is 2.42. The average molecular weight is 281 g/mol. The summed E-state index contributed by atoms with van der Waals surface area (Å²) in [6.45, 7) is 2.41. The van der Waals surface area contributed by atoms with Crippen molar-refractivity contribution in [3.8, 4) is 5.75 Å². The molecular weight excluding hydrogens is 264 g/mol. The highest BCUT2D eigenvalue weighted by atomic mass is 19.1. The second-order valence-corrected chi connectivity index (χ2v) is 4.79. The second-order valence-electron chi connectivity index (χ2n) is 4.79. The van der Waals surface area contributed by atoms with Gasteiger partial charge >= 0.3 is 7.12 Å². The fraction of sp³-hybridized carbons (Fsp3) is 0.462. The number of likely N-dealkylation sites (tertiary alicyclic amines) is 1. The van der Waals surface area contributed by atoms with Crippen LogP contribution in [0.25, 0.3) is 0 Å². The van der Waals surface area contributed by atoms with Gasteiger partial charge < -0.3 is 14.8 Å². The van der Waals surface area contributed by atoms with Crippen LogP contribution in [0.15, 0.2) is 18.2 Å². The van der Waals surface area contributed by atoms with Crippen molar-refractivity contribution >= 4 is 18.4 Å². The summed E-state index contributed by atoms with van der Waals surface area (Å²) in [6.07, 6.45) is 1.13. The van der Waals surface area contributed by atoms with Gasteiger partial charge in [0.1, 0.15) is 12.4 Å². The molecule has 0 amide bonds. The van der Waals surface area contributed by atoms with Crippen LogP contribution in [-0.4, -0.2) is 54.1 Å². The fourth-order valence-electron chi connectivity index (χ4n) is 2.11. The van der Waals surface area contributed by atoms with Gasteiger partial charge in [0, 0.05) is 32.5 Å². The fourth-order valence-corrected chi connectivity index (χ4v) is 2.11. The molecule has 20 heavy (non-hydrogen) atoms. The molecule has 0 unspecified atom stereocenters. The summed E-state index contributed by atoms with van der Waals surface area (Å²) in [4.78, 5) is 13.2. The van der Waals surface area contributed by atoms with Gasteiger partial charge in [0.15, 0.2) is 11.6 Å². The molecule has 0 bridgehead atoms. The zero-order valence-electron chi connectivity index (χ0n) is 11.1. The van der Waals surface area contributed by atoms with Crippen LogP contribution in [0.5, 0.6) is 5.75 Å². The standard InChI is InChI=1S/C13H17BFNO4/c15-12-9-10(14(18)19)1-2-13(12)20-8-7-16-5-3-11(17)4-6-16/h1-2,9,18-19H,3-8H2. The number of halogens is 1. The van der Waals surface area contributed by atoms with Crippen LogP contribution < -0.4 is 10.2 Å². The highest BCUT2D eigenvalue weighted by Gasteiger charge is 2.17. The predicted molar refractivity (Wildman–Crippen MR) is 72.4 cm³/mol. The number of carbonyl (C=O) groups is 1. The summed E-state index contributed by atoms with van der Waals surface area (Å²) >= 11 is 0. The zero-order chi connectivity index (χ0) is 14.5. The Balaban J connectivity index is 1.80. The SMILES string of the molecule is O=C1CCN(CCOc2ccc(B(O)O)cc2F)CC1. The molecule has 0 spiro atoms. The van der Waals surface area contributed by atoms with Crippen LogP contribution in [0.1, 0.15) is 12.8 Å². The van der Waals surface area contributed by atoms with E-state index in [1.807, 2.05) is 0 Å². The highest BCUT2D eigenvalue weighted by Crippen LogP contribution is 2.15. The van der Waals surface area contributed by atoms with E-state index in [9.17, 15) is 9.18 Å². The molecule has 2 N–H and O–H groups in total. The number of hydrogen-bond donors (Lipinski definition) is 2. The van der Waals surface area contributed by atoms with Gasteiger partial charge in [-0.3, -0.25) is 9.69 Å². The van der Waals surface area contributed by atoms with Crippen LogP contribution in [0.4, 0.5) is 4.39 Å². The van der Waals surface area contributed by atoms with Gasteiger partial charge in [-0.2, -0.15) is 0 Å². The minimum atomic E-state index is -1.69. The van der Waals surface area contributed by atoms with Gasteiger partial charge in [-0.1, -0.05) is 6.07 Å². The normalized spacial score (nSPS) is 16.2. The molecule has 0 radical (unpaired) electrons. The van der Waals surface area contributed by atoms with Crippen molar-refractivity contribution in [1.29, 1.82) is 0 Å². The third-order valence-corrected chi connectivity index (χ3v) is 3.33. The summed E-state index contributed by atoms with van der Waals surface area (Å²) in [5.41, 5.74) is 0.0874. The van der Waals surface area contributed by atoms with E-state index < -0.39 is 12.9 Å². The molecule has 1 aliphatic rings. The summed E-state index contributed by atoms with van der Waals surface area (Å²) in [5.74, 6) is -0.252. The smallest absolute Gasteiger partial charge is 0.488 e. The van der Waals surface area contributed by atoms with Crippen LogP contribution >= 0.6 is 0 Å². The van der Waals surface area contributed by atoms with E-state index in [0.29, 0.717) is 26.0 Å². The number of ketones is 1. The van der Waals surface area contributed by atoms with Crippen LogP contribution in [0, 0.1) is 5.82 Å². The number of hydrogen-bond acceptors (Lipinski definition) is 5. The number of rotatable bonds is 5. The second kappa shape index (κ2) is 6.83. The minimum Gasteiger partial charge on any atom is -0.489 e. The lowest BCUT2D eigenvalue weighted by atomic mass is 9.80. The van der Waals surface area contributed by atoms with Crippen molar-refractivity contribution in [3.05, 3.63) is 24.0 Å². The summed E-state index contributed by atoms with van der Waals surface area (Å²) in [5, 5.41) is 17.8. The number of nitrogens with zero attached hydrogens (tertiary/aromatic N) is 1. The molecule has 1 aromatic rings. The summed E-state index contributed by atoms with van der Waals surface area (Å²) in [6, 6.07) is 3.83. The Bertz CT molecular complexity index is 473. The first kappa shape index (κ1) is 15.0. The number of piperidine rings is 1. The van der Waals surface area contributed by atoms with Gasteiger partial charge in [-0.05, 0) is 17.6 Å². The molecule has 0 atom stereocenters. The van der Waals surface area contributed by atoms with Crippen molar-refractivity contribution in [1.82, 2.24) is 4.90 Å². The van der Waals surface area contributed by atoms with Gasteiger partial charge in [-0.25, -0.2) is 4.39 Å². The molecular formula is C13H17BFNO4. The lowest BCUT2D eigenvalue weighted by molar-refractivity contribution is -0.121. The molecule has 7 heteroatoms. The molecule has 108 valence electrons. The Morgan fingerprint density at radius 3 is 2.60 bits per heavy atom. The molecule has 1 aliphatic heterocycles. The van der Waals surface area contributed by atoms with E-state index in [-0.39, 0.29) is 17.0 Å². The molecule has 1 saturated heterocycles. The largest absolute Gasteiger partial charge is 0.489 e. The maximum atomic E-state index is 13.6. The van der Waals surface area contributed by atoms with E-state index in [2.05, 4.69) is 4.90 Å². The highest BCUT2D eigenvalue weighted by molar-refractivity contribution is 6.58. The predicted octanol–water partition coefficient (Wildman–Crippen LogP) is -0.451. The quantitative estimate of drug-likeness (QED) is 0.715. The van der Waals surface area contributed by atoms with Crippen molar-refractivity contribution in [3.63, 3.8) is 0 Å². The molecule has 0 aliphatic carbocycles. The van der Waals surface area contributed by atoms with Crippen LogP contribution in [0.2, 0.25) is 0 Å². The maximum Gasteiger partial charge on any atom is 0.488 e. The Labute approximate surface area is 117 Å². The number of carbonyl (C=O) groups excluding carboxylic acids is 1. The van der Waals surface area contributed by atoms with Gasteiger partial charge in [-0.15, -0.1) is 0 Å². The van der Waals surface area contributed by atoms with Gasteiger partial charge in [0.2, 0.25) is 0 Å². The molecule has 2 rings (SSSR count). The summed E-state index contributed by atoms with van der Waals surface area (Å²) < 4.78 is 19.0. The first-order chi connectivity index (χ1) is 9.56. The van der Waals surface area contributed by atoms with E-state index in [1.54, 1.807) is 0 Å². The van der Waals surface area contributed by atoms with Crippen molar-refractivity contribution in [2.24, 2.45) is 0 Å². The van der Waals surface area contributed by atoms with E-state index in [4.69, 9.17) is 14.8 Å². The van der Waals surface area contributed by atoms with Crippen molar-refractivity contribution in [2.45, 2.75) is 12.8 Å². The first-order valence-electron chi connectivity index (χ1n) is 6.58. The monoisotopic (exact) mass is 281 g/mol. The van der Waals surface area contributed by atoms with E-state index >= 15 is 0 Å². The van der Waals surface area contributed by atoms with Gasteiger partial charge in [0.05, 0.1) is 0 Å².